The SMILES string of the molecule is Cc1cc(SCC2=C(C(=O)OC(c3ccccc3)c3ccccc3)N3C(=O)[C@@H](NC(=O)/C(=N\OCc4ccc(C(=O)OC(C)(C)C)c5c4OC(C)(C)O5)c4csc(N)n4)[C@H]3SC2)n2nc(C(=O)O)nc2n1. The smallest absolute Gasteiger partial charge is 0.375 e. The normalized spacial score (nSPS) is 17.2. The van der Waals surface area contributed by atoms with Gasteiger partial charge in [-0.05, 0) is 56.5 Å². The first kappa shape index (κ1) is 48.5. The lowest BCUT2D eigenvalue weighted by molar-refractivity contribution is -0.154. The molecule has 3 aliphatic heterocycles. The highest BCUT2D eigenvalue weighted by atomic mass is 32.2. The summed E-state index contributed by atoms with van der Waals surface area (Å²) in [5.41, 5.74) is 8.10. The molecule has 2 amide bonds. The van der Waals surface area contributed by atoms with Gasteiger partial charge in [-0.15, -0.1) is 40.0 Å². The Morgan fingerprint density at radius 1 is 0.986 bits per heavy atom. The summed E-state index contributed by atoms with van der Waals surface area (Å²) >= 11 is 3.64. The first-order chi connectivity index (χ1) is 33.8. The van der Waals surface area contributed by atoms with Gasteiger partial charge in [0.2, 0.25) is 5.79 Å². The molecule has 4 N–H and O–H groups in total. The van der Waals surface area contributed by atoms with E-state index in [2.05, 4.69) is 30.5 Å². The number of aryl methyl sites for hydroxylation is 1. The van der Waals surface area contributed by atoms with E-state index < -0.39 is 64.5 Å². The van der Waals surface area contributed by atoms with Crippen LogP contribution in [0.15, 0.2) is 106 Å². The van der Waals surface area contributed by atoms with E-state index in [0.29, 0.717) is 33.0 Å². The number of hydrogen-bond donors (Lipinski definition) is 3. The Bertz CT molecular complexity index is 3130. The average molecular weight is 1020 g/mol. The summed E-state index contributed by atoms with van der Waals surface area (Å²) in [5, 5.41) is 22.1. The van der Waals surface area contributed by atoms with Crippen molar-refractivity contribution in [3.8, 4) is 11.5 Å². The van der Waals surface area contributed by atoms with Crippen molar-refractivity contribution in [3.05, 3.63) is 135 Å². The molecule has 2 atom stereocenters. The van der Waals surface area contributed by atoms with Crippen molar-refractivity contribution in [2.45, 2.75) is 82.1 Å². The molecule has 20 nitrogen and oxygen atoms in total. The van der Waals surface area contributed by atoms with E-state index in [-0.39, 0.29) is 63.2 Å². The Hall–Kier alpha value is -7.50. The Labute approximate surface area is 418 Å². The number of nitrogen functional groups attached to an aromatic ring is 1. The van der Waals surface area contributed by atoms with Gasteiger partial charge in [0.1, 0.15) is 45.6 Å². The van der Waals surface area contributed by atoms with Crippen LogP contribution in [0.1, 0.15) is 89.8 Å². The second-order valence-corrected chi connectivity index (χ2v) is 20.7. The van der Waals surface area contributed by atoms with Gasteiger partial charge in [-0.2, -0.15) is 9.50 Å². The summed E-state index contributed by atoms with van der Waals surface area (Å²) in [7, 11) is 0. The van der Waals surface area contributed by atoms with Gasteiger partial charge in [-0.3, -0.25) is 14.5 Å². The number of carboxylic acid groups (broad SMARTS) is 1. The summed E-state index contributed by atoms with van der Waals surface area (Å²) in [6, 6.07) is 22.1. The number of ether oxygens (including phenoxy) is 4. The van der Waals surface area contributed by atoms with Crippen LogP contribution in [-0.4, -0.2) is 104 Å². The number of nitrogens with two attached hydrogens (primary N) is 1. The maximum Gasteiger partial charge on any atom is 0.375 e. The van der Waals surface area contributed by atoms with Gasteiger partial charge in [0.05, 0.1) is 0 Å². The number of amides is 2. The molecule has 6 heterocycles. The molecule has 0 saturated carbocycles. The minimum absolute atomic E-state index is 0.00421. The number of thiazole rings is 1. The summed E-state index contributed by atoms with van der Waals surface area (Å²) in [4.78, 5) is 88.1. The van der Waals surface area contributed by atoms with Gasteiger partial charge in [0, 0.05) is 42.0 Å². The number of β-lactam (4-membered cyclic amide) rings is 1. The topological polar surface area (TPSA) is 261 Å². The quantitative estimate of drug-likeness (QED) is 0.0253. The standard InChI is InChI=1S/C48H45N9O11S3/c1-24-19-31(57-46(50-24)53-38(54-57)42(60)61)69-21-28-22-70-41-33(40(59)56(41)34(28)44(63)65-35(25-13-9-7-10-14-25)26-15-11-8-12-16-26)52-39(58)32(30-23-71-45(49)51-30)55-64-20-27-17-18-29(43(62)68-47(2,3)4)37-36(27)66-48(5,6)67-37/h7-19,23,33,35,41H,20-22H2,1-6H3,(H2,49,51)(H,52,58)(H,60,61)/b55-32-/t33-,41-/m1/s1. The van der Waals surface area contributed by atoms with E-state index in [1.54, 1.807) is 53.7 Å². The zero-order chi connectivity index (χ0) is 50.4. The first-order valence-electron chi connectivity index (χ1n) is 21.9. The highest BCUT2D eigenvalue weighted by Gasteiger charge is 2.55. The number of aromatic carboxylic acids is 1. The van der Waals surface area contributed by atoms with Gasteiger partial charge < -0.3 is 39.9 Å². The average Bonchev–Trinajstić information content (AvgIpc) is 4.06. The summed E-state index contributed by atoms with van der Waals surface area (Å²) in [6.07, 6.45) is -0.850. The number of benzene rings is 3. The van der Waals surface area contributed by atoms with Crippen LogP contribution < -0.4 is 20.5 Å². The first-order valence-corrected chi connectivity index (χ1v) is 24.8. The van der Waals surface area contributed by atoms with Crippen molar-refractivity contribution >= 4 is 81.2 Å². The van der Waals surface area contributed by atoms with Crippen molar-refractivity contribution in [3.63, 3.8) is 0 Å². The monoisotopic (exact) mass is 1020 g/mol. The van der Waals surface area contributed by atoms with E-state index in [9.17, 15) is 29.1 Å². The molecule has 1 fully saturated rings. The van der Waals surface area contributed by atoms with Crippen molar-refractivity contribution in [1.82, 2.24) is 34.8 Å². The molecule has 366 valence electrons. The number of oxime groups is 1. The highest BCUT2D eigenvalue weighted by molar-refractivity contribution is 8.01. The summed E-state index contributed by atoms with van der Waals surface area (Å²) in [5.74, 6) is -4.80. The number of hydrogen-bond acceptors (Lipinski definition) is 19. The van der Waals surface area contributed by atoms with Gasteiger partial charge in [0.15, 0.2) is 28.4 Å². The van der Waals surface area contributed by atoms with Crippen molar-refractivity contribution in [1.29, 1.82) is 0 Å². The van der Waals surface area contributed by atoms with Crippen LogP contribution in [-0.2, 0) is 35.3 Å². The number of carbonyl (C=O) groups excluding carboxylic acids is 4. The lowest BCUT2D eigenvalue weighted by atomic mass is 10.0. The fourth-order valence-corrected chi connectivity index (χ4v) is 10.8. The van der Waals surface area contributed by atoms with Crippen LogP contribution in [0.25, 0.3) is 5.78 Å². The molecular formula is C48H45N9O11S3. The van der Waals surface area contributed by atoms with Gasteiger partial charge in [0.25, 0.3) is 23.4 Å². The number of anilines is 1. The van der Waals surface area contributed by atoms with Crippen molar-refractivity contribution in [2.24, 2.45) is 5.16 Å². The van der Waals surface area contributed by atoms with Crippen LogP contribution >= 0.6 is 34.9 Å². The third-order valence-corrected chi connectivity index (χ3v) is 13.9. The molecule has 0 unspecified atom stereocenters. The second-order valence-electron chi connectivity index (χ2n) is 17.7. The van der Waals surface area contributed by atoms with E-state index in [4.69, 9.17) is 29.5 Å². The van der Waals surface area contributed by atoms with Crippen LogP contribution in [0.2, 0.25) is 0 Å². The number of aromatic nitrogens is 5. The molecule has 3 aliphatic rings. The van der Waals surface area contributed by atoms with Crippen LogP contribution in [0.4, 0.5) is 5.13 Å². The van der Waals surface area contributed by atoms with E-state index in [0.717, 1.165) is 11.3 Å². The van der Waals surface area contributed by atoms with Gasteiger partial charge in [-0.1, -0.05) is 71.9 Å². The molecule has 0 spiro atoms. The fourth-order valence-electron chi connectivity index (χ4n) is 7.75. The molecular weight excluding hydrogens is 975 g/mol. The molecule has 3 aromatic heterocycles. The predicted octanol–water partition coefficient (Wildman–Crippen LogP) is 6.33. The Morgan fingerprint density at radius 2 is 1.68 bits per heavy atom. The number of carbonyl (C=O) groups is 5. The lowest BCUT2D eigenvalue weighted by Crippen LogP contribution is -2.71. The molecule has 9 rings (SSSR count). The van der Waals surface area contributed by atoms with Crippen molar-refractivity contribution in [2.75, 3.05) is 17.2 Å². The van der Waals surface area contributed by atoms with Gasteiger partial charge in [-0.25, -0.2) is 24.4 Å². The van der Waals surface area contributed by atoms with E-state index >= 15 is 0 Å². The molecule has 71 heavy (non-hydrogen) atoms. The zero-order valence-corrected chi connectivity index (χ0v) is 41.3. The minimum atomic E-state index is -1.32. The summed E-state index contributed by atoms with van der Waals surface area (Å²) < 4.78 is 25.3. The number of carboxylic acids is 1. The maximum absolute atomic E-state index is 14.8. The van der Waals surface area contributed by atoms with Crippen LogP contribution in [0, 0.1) is 6.92 Å². The molecule has 23 heteroatoms. The van der Waals surface area contributed by atoms with Crippen LogP contribution in [0.5, 0.6) is 11.5 Å². The molecule has 0 aliphatic carbocycles. The number of thioether (sulfide) groups is 2. The zero-order valence-electron chi connectivity index (χ0n) is 38.9. The molecule has 1 saturated heterocycles. The Morgan fingerprint density at radius 3 is 2.32 bits per heavy atom. The Balaban J connectivity index is 0.989. The van der Waals surface area contributed by atoms with Crippen molar-refractivity contribution < 1.29 is 52.9 Å². The Kier molecular flexibility index (Phi) is 13.2. The summed E-state index contributed by atoms with van der Waals surface area (Å²) in [6.45, 7) is 10.1. The minimum Gasteiger partial charge on any atom is -0.475 e. The number of nitrogens with one attached hydrogen (secondary N) is 1. The number of fused-ring (bicyclic) bond motifs is 3. The molecule has 3 aromatic carbocycles. The number of nitrogens with zero attached hydrogens (tertiary/aromatic N) is 7. The third-order valence-electron chi connectivity index (χ3n) is 10.8. The molecule has 6 aromatic rings. The second kappa shape index (κ2) is 19.4. The third kappa shape index (κ3) is 10.2. The highest BCUT2D eigenvalue weighted by Crippen LogP contribution is 2.46. The van der Waals surface area contributed by atoms with Gasteiger partial charge >= 0.3 is 17.9 Å². The fraction of sp³-hybridized carbons (Fsp3) is 0.292. The number of esters is 2. The van der Waals surface area contributed by atoms with E-state index in [1.165, 1.54) is 44.4 Å². The lowest BCUT2D eigenvalue weighted by Gasteiger charge is -2.49. The van der Waals surface area contributed by atoms with Crippen LogP contribution in [0.3, 0.4) is 0 Å². The van der Waals surface area contributed by atoms with E-state index in [1.807, 2.05) is 60.7 Å². The number of rotatable bonds is 15. The molecule has 0 radical (unpaired) electrons. The predicted molar refractivity (Wildman–Crippen MR) is 261 cm³/mol. The largest absolute Gasteiger partial charge is 0.475 e. The maximum atomic E-state index is 14.8. The molecule has 0 bridgehead atoms.